The second kappa shape index (κ2) is 8.48. The number of benzene rings is 1. The number of rotatable bonds is 8. The second-order valence-corrected chi connectivity index (χ2v) is 4.75. The van der Waals surface area contributed by atoms with E-state index in [2.05, 4.69) is 24.4 Å². The molecule has 16 heavy (non-hydrogen) atoms. The fraction of sp³-hybridized carbons (Fsp3) is 0.538. The van der Waals surface area contributed by atoms with Crippen LogP contribution in [-0.2, 0) is 0 Å². The average Bonchev–Trinajstić information content (AvgIpc) is 2.34. The van der Waals surface area contributed by atoms with Gasteiger partial charge in [0.05, 0.1) is 7.11 Å². The van der Waals surface area contributed by atoms with Crippen molar-refractivity contribution in [1.82, 2.24) is 5.32 Å². The van der Waals surface area contributed by atoms with Gasteiger partial charge >= 0.3 is 0 Å². The van der Waals surface area contributed by atoms with Crippen molar-refractivity contribution in [1.29, 1.82) is 0 Å². The highest BCUT2D eigenvalue weighted by molar-refractivity contribution is 7.99. The Morgan fingerprint density at radius 1 is 1.19 bits per heavy atom. The summed E-state index contributed by atoms with van der Waals surface area (Å²) < 4.78 is 5.12. The van der Waals surface area contributed by atoms with Crippen molar-refractivity contribution in [2.24, 2.45) is 0 Å². The van der Waals surface area contributed by atoms with E-state index in [4.69, 9.17) is 4.74 Å². The van der Waals surface area contributed by atoms with Crippen LogP contribution in [-0.4, -0.2) is 26.0 Å². The molecule has 0 saturated heterocycles. The molecule has 0 unspecified atom stereocenters. The molecule has 0 aliphatic heterocycles. The fourth-order valence-electron chi connectivity index (χ4n) is 1.39. The van der Waals surface area contributed by atoms with Crippen molar-refractivity contribution in [3.63, 3.8) is 0 Å². The van der Waals surface area contributed by atoms with E-state index >= 15 is 0 Å². The first kappa shape index (κ1) is 13.4. The van der Waals surface area contributed by atoms with Crippen molar-refractivity contribution in [2.75, 3.05) is 26.0 Å². The standard InChI is InChI=1S/C13H21NOS/c1-3-14-10-4-5-11-16-13-8-6-12(15-2)7-9-13/h6-9,14H,3-5,10-11H2,1-2H3. The Kier molecular flexibility index (Phi) is 7.10. The molecule has 0 heterocycles. The zero-order chi connectivity index (χ0) is 11.6. The molecule has 0 aliphatic rings. The summed E-state index contributed by atoms with van der Waals surface area (Å²) in [5.74, 6) is 2.12. The Morgan fingerprint density at radius 3 is 2.56 bits per heavy atom. The molecule has 0 amide bonds. The number of hydrogen-bond acceptors (Lipinski definition) is 3. The van der Waals surface area contributed by atoms with Crippen LogP contribution in [0.5, 0.6) is 5.75 Å². The Hall–Kier alpha value is -0.670. The molecule has 0 bridgehead atoms. The predicted molar refractivity (Wildman–Crippen MR) is 71.5 cm³/mol. The lowest BCUT2D eigenvalue weighted by atomic mass is 10.3. The highest BCUT2D eigenvalue weighted by atomic mass is 32.2. The van der Waals surface area contributed by atoms with Crippen LogP contribution < -0.4 is 10.1 Å². The van der Waals surface area contributed by atoms with Crippen LogP contribution in [0.25, 0.3) is 0 Å². The molecule has 0 radical (unpaired) electrons. The van der Waals surface area contributed by atoms with Gasteiger partial charge < -0.3 is 10.1 Å². The number of thioether (sulfide) groups is 1. The summed E-state index contributed by atoms with van der Waals surface area (Å²) in [6, 6.07) is 8.27. The molecular weight excluding hydrogens is 218 g/mol. The highest BCUT2D eigenvalue weighted by Gasteiger charge is 1.95. The van der Waals surface area contributed by atoms with Crippen molar-refractivity contribution >= 4 is 11.8 Å². The second-order valence-electron chi connectivity index (χ2n) is 3.58. The minimum Gasteiger partial charge on any atom is -0.497 e. The Labute approximate surface area is 103 Å². The van der Waals surface area contributed by atoms with Crippen molar-refractivity contribution in [2.45, 2.75) is 24.7 Å². The molecule has 90 valence electrons. The van der Waals surface area contributed by atoms with Crippen LogP contribution in [0.2, 0.25) is 0 Å². The van der Waals surface area contributed by atoms with E-state index in [1.807, 2.05) is 23.9 Å². The number of methoxy groups -OCH3 is 1. The van der Waals surface area contributed by atoms with Crippen molar-refractivity contribution in [3.8, 4) is 5.75 Å². The zero-order valence-corrected chi connectivity index (χ0v) is 11.0. The maximum atomic E-state index is 5.12. The number of unbranched alkanes of at least 4 members (excludes halogenated alkanes) is 1. The third kappa shape index (κ3) is 5.42. The molecule has 0 aliphatic carbocycles. The molecule has 3 heteroatoms. The third-order valence-corrected chi connectivity index (χ3v) is 3.42. The van der Waals surface area contributed by atoms with Crippen molar-refractivity contribution in [3.05, 3.63) is 24.3 Å². The van der Waals surface area contributed by atoms with Gasteiger partial charge in [-0.15, -0.1) is 11.8 Å². The minimum absolute atomic E-state index is 0.927. The lowest BCUT2D eigenvalue weighted by Gasteiger charge is -2.04. The summed E-state index contributed by atoms with van der Waals surface area (Å²) in [6.07, 6.45) is 2.53. The normalized spacial score (nSPS) is 10.4. The summed E-state index contributed by atoms with van der Waals surface area (Å²) in [7, 11) is 1.70. The van der Waals surface area contributed by atoms with Gasteiger partial charge in [0.15, 0.2) is 0 Å². The summed E-state index contributed by atoms with van der Waals surface area (Å²) in [4.78, 5) is 1.32. The van der Waals surface area contributed by atoms with E-state index in [1.165, 1.54) is 23.5 Å². The summed E-state index contributed by atoms with van der Waals surface area (Å²) in [5.41, 5.74) is 0. The van der Waals surface area contributed by atoms with Gasteiger partial charge in [-0.2, -0.15) is 0 Å². The van der Waals surface area contributed by atoms with Gasteiger partial charge in [-0.25, -0.2) is 0 Å². The SMILES string of the molecule is CCNCCCCSc1ccc(OC)cc1. The Bertz CT molecular complexity index is 274. The number of nitrogens with one attached hydrogen (secondary N) is 1. The molecule has 0 saturated carbocycles. The van der Waals surface area contributed by atoms with E-state index in [0.717, 1.165) is 18.8 Å². The van der Waals surface area contributed by atoms with Crippen LogP contribution in [0.1, 0.15) is 19.8 Å². The van der Waals surface area contributed by atoms with Gasteiger partial charge in [0, 0.05) is 4.90 Å². The lowest BCUT2D eigenvalue weighted by molar-refractivity contribution is 0.414. The topological polar surface area (TPSA) is 21.3 Å². The molecule has 2 nitrogen and oxygen atoms in total. The first-order valence-corrected chi connectivity index (χ1v) is 6.83. The van der Waals surface area contributed by atoms with Gasteiger partial charge in [0.2, 0.25) is 0 Å². The quantitative estimate of drug-likeness (QED) is 0.556. The fourth-order valence-corrected chi connectivity index (χ4v) is 2.30. The smallest absolute Gasteiger partial charge is 0.118 e. The molecule has 1 aromatic carbocycles. The summed E-state index contributed by atoms with van der Waals surface area (Å²) in [5, 5.41) is 3.34. The maximum Gasteiger partial charge on any atom is 0.118 e. The van der Waals surface area contributed by atoms with Gasteiger partial charge in [-0.05, 0) is 55.9 Å². The van der Waals surface area contributed by atoms with Crippen LogP contribution in [0.15, 0.2) is 29.2 Å². The molecule has 0 spiro atoms. The first-order valence-electron chi connectivity index (χ1n) is 5.84. The summed E-state index contributed by atoms with van der Waals surface area (Å²) in [6.45, 7) is 4.36. The van der Waals surface area contributed by atoms with Crippen LogP contribution in [0, 0.1) is 0 Å². The zero-order valence-electron chi connectivity index (χ0n) is 10.2. The van der Waals surface area contributed by atoms with E-state index in [-0.39, 0.29) is 0 Å². The third-order valence-electron chi connectivity index (χ3n) is 2.33. The van der Waals surface area contributed by atoms with Gasteiger partial charge in [0.25, 0.3) is 0 Å². The first-order chi connectivity index (χ1) is 7.86. The summed E-state index contributed by atoms with van der Waals surface area (Å²) >= 11 is 1.91. The van der Waals surface area contributed by atoms with Crippen LogP contribution >= 0.6 is 11.8 Å². The monoisotopic (exact) mass is 239 g/mol. The molecule has 1 N–H and O–H groups in total. The molecule has 1 rings (SSSR count). The van der Waals surface area contributed by atoms with Gasteiger partial charge in [-0.3, -0.25) is 0 Å². The Morgan fingerprint density at radius 2 is 1.94 bits per heavy atom. The molecule has 0 fully saturated rings. The van der Waals surface area contributed by atoms with E-state index in [9.17, 15) is 0 Å². The number of hydrogen-bond donors (Lipinski definition) is 1. The average molecular weight is 239 g/mol. The molecule has 1 aromatic rings. The van der Waals surface area contributed by atoms with Crippen LogP contribution in [0.3, 0.4) is 0 Å². The van der Waals surface area contributed by atoms with Crippen LogP contribution in [0.4, 0.5) is 0 Å². The van der Waals surface area contributed by atoms with E-state index in [0.29, 0.717) is 0 Å². The van der Waals surface area contributed by atoms with E-state index < -0.39 is 0 Å². The number of ether oxygens (including phenoxy) is 1. The molecular formula is C13H21NOS. The van der Waals surface area contributed by atoms with Crippen molar-refractivity contribution < 1.29 is 4.74 Å². The van der Waals surface area contributed by atoms with E-state index in [1.54, 1.807) is 7.11 Å². The maximum absolute atomic E-state index is 5.12. The largest absolute Gasteiger partial charge is 0.497 e. The van der Waals surface area contributed by atoms with Gasteiger partial charge in [0.1, 0.15) is 5.75 Å². The Balaban J connectivity index is 2.12. The minimum atomic E-state index is 0.927. The highest BCUT2D eigenvalue weighted by Crippen LogP contribution is 2.21. The molecule has 0 atom stereocenters. The molecule has 0 aromatic heterocycles. The predicted octanol–water partition coefficient (Wildman–Crippen LogP) is 3.18. The lowest BCUT2D eigenvalue weighted by Crippen LogP contribution is -2.13. The van der Waals surface area contributed by atoms with Gasteiger partial charge in [-0.1, -0.05) is 6.92 Å².